The SMILES string of the molecule is COC(=O)CC(c1cc(OC)c2c(c1)OCCO2)c1c(O)nc2ccccn2c1=O. The fraction of sp³-hybridized carbons (Fsp3) is 0.286. The lowest BCUT2D eigenvalue weighted by atomic mass is 9.89. The molecule has 4 rings (SSSR count). The zero-order valence-electron chi connectivity index (χ0n) is 16.5. The molecule has 0 amide bonds. The van der Waals surface area contributed by atoms with E-state index in [9.17, 15) is 14.7 Å². The summed E-state index contributed by atoms with van der Waals surface area (Å²) in [5, 5.41) is 10.6. The summed E-state index contributed by atoms with van der Waals surface area (Å²) in [6.45, 7) is 0.734. The average molecular weight is 412 g/mol. The quantitative estimate of drug-likeness (QED) is 0.633. The first-order valence-corrected chi connectivity index (χ1v) is 9.28. The van der Waals surface area contributed by atoms with Crippen molar-refractivity contribution >= 4 is 11.6 Å². The number of ether oxygens (including phenoxy) is 4. The molecular formula is C21H20N2O7. The molecule has 1 aliphatic heterocycles. The van der Waals surface area contributed by atoms with E-state index in [1.54, 1.807) is 36.5 Å². The second-order valence-corrected chi connectivity index (χ2v) is 6.66. The Kier molecular flexibility index (Phi) is 5.18. The van der Waals surface area contributed by atoms with Gasteiger partial charge in [0, 0.05) is 12.1 Å². The highest BCUT2D eigenvalue weighted by molar-refractivity contribution is 5.72. The maximum absolute atomic E-state index is 13.2. The molecule has 3 aromatic rings. The molecule has 0 bridgehead atoms. The molecule has 9 nitrogen and oxygen atoms in total. The fourth-order valence-corrected chi connectivity index (χ4v) is 3.53. The molecule has 156 valence electrons. The number of aromatic nitrogens is 2. The van der Waals surface area contributed by atoms with Gasteiger partial charge >= 0.3 is 5.97 Å². The van der Waals surface area contributed by atoms with Gasteiger partial charge in [-0.25, -0.2) is 0 Å². The van der Waals surface area contributed by atoms with Crippen LogP contribution < -0.4 is 19.8 Å². The molecule has 3 heterocycles. The topological polar surface area (TPSA) is 109 Å². The van der Waals surface area contributed by atoms with E-state index in [0.29, 0.717) is 41.7 Å². The highest BCUT2D eigenvalue weighted by Crippen LogP contribution is 2.44. The second kappa shape index (κ2) is 7.94. The van der Waals surface area contributed by atoms with Gasteiger partial charge in [0.1, 0.15) is 18.9 Å². The van der Waals surface area contributed by atoms with Crippen LogP contribution in [0.25, 0.3) is 5.65 Å². The lowest BCUT2D eigenvalue weighted by molar-refractivity contribution is -0.140. The molecular weight excluding hydrogens is 392 g/mol. The number of carbonyl (C=O) groups is 1. The minimum absolute atomic E-state index is 0.0252. The van der Waals surface area contributed by atoms with Crippen molar-refractivity contribution < 1.29 is 28.8 Å². The molecule has 1 aromatic carbocycles. The van der Waals surface area contributed by atoms with Crippen LogP contribution in [0.15, 0.2) is 41.3 Å². The summed E-state index contributed by atoms with van der Waals surface area (Å²) in [6, 6.07) is 8.31. The zero-order valence-corrected chi connectivity index (χ0v) is 16.5. The minimum Gasteiger partial charge on any atom is -0.493 e. The smallest absolute Gasteiger partial charge is 0.306 e. The van der Waals surface area contributed by atoms with Gasteiger partial charge in [0.2, 0.25) is 11.6 Å². The van der Waals surface area contributed by atoms with Gasteiger partial charge in [-0.05, 0) is 29.8 Å². The Morgan fingerprint density at radius 2 is 2.07 bits per heavy atom. The summed E-state index contributed by atoms with van der Waals surface area (Å²) < 4.78 is 22.9. The Balaban J connectivity index is 1.94. The molecule has 0 aliphatic carbocycles. The van der Waals surface area contributed by atoms with Crippen molar-refractivity contribution in [1.82, 2.24) is 9.38 Å². The van der Waals surface area contributed by atoms with Crippen molar-refractivity contribution in [3.8, 4) is 23.1 Å². The van der Waals surface area contributed by atoms with Crippen LogP contribution in [0.2, 0.25) is 0 Å². The third-order valence-corrected chi connectivity index (χ3v) is 4.95. The van der Waals surface area contributed by atoms with Crippen molar-refractivity contribution in [3.63, 3.8) is 0 Å². The molecule has 0 spiro atoms. The number of nitrogens with zero attached hydrogens (tertiary/aromatic N) is 2. The van der Waals surface area contributed by atoms with Crippen molar-refractivity contribution in [3.05, 3.63) is 58.0 Å². The molecule has 0 saturated heterocycles. The van der Waals surface area contributed by atoms with Crippen LogP contribution in [0.1, 0.15) is 23.5 Å². The zero-order chi connectivity index (χ0) is 21.3. The van der Waals surface area contributed by atoms with Gasteiger partial charge in [0.15, 0.2) is 11.5 Å². The van der Waals surface area contributed by atoms with E-state index in [-0.39, 0.29) is 12.0 Å². The number of fused-ring (bicyclic) bond motifs is 2. The predicted octanol–water partition coefficient (Wildman–Crippen LogP) is 1.87. The van der Waals surface area contributed by atoms with Gasteiger partial charge in [-0.15, -0.1) is 0 Å². The molecule has 2 aromatic heterocycles. The van der Waals surface area contributed by atoms with Crippen LogP contribution in [0, 0.1) is 0 Å². The lowest BCUT2D eigenvalue weighted by Gasteiger charge is -2.24. The number of carbonyl (C=O) groups excluding carboxylic acids is 1. The number of hydrogen-bond donors (Lipinski definition) is 1. The number of benzene rings is 1. The molecule has 0 fully saturated rings. The van der Waals surface area contributed by atoms with Crippen LogP contribution in [0.4, 0.5) is 0 Å². The first kappa shape index (κ1) is 19.6. The van der Waals surface area contributed by atoms with Crippen LogP contribution in [-0.4, -0.2) is 47.9 Å². The Morgan fingerprint density at radius 3 is 2.83 bits per heavy atom. The monoisotopic (exact) mass is 412 g/mol. The summed E-state index contributed by atoms with van der Waals surface area (Å²) >= 11 is 0. The standard InChI is InChI=1S/C21H20N2O7/c1-27-14-9-12(10-15-19(14)30-8-7-29-15)13(11-17(24)28-2)18-20(25)22-16-5-3-4-6-23(16)21(18)26/h3-6,9-10,13,25H,7-8,11H2,1-2H3. The Labute approximate surface area is 171 Å². The summed E-state index contributed by atoms with van der Waals surface area (Å²) in [5.41, 5.74) is 0.301. The predicted molar refractivity (Wildman–Crippen MR) is 106 cm³/mol. The molecule has 30 heavy (non-hydrogen) atoms. The van der Waals surface area contributed by atoms with E-state index in [1.807, 2.05) is 0 Å². The lowest BCUT2D eigenvalue weighted by Crippen LogP contribution is -2.24. The molecule has 1 N–H and O–H groups in total. The number of rotatable bonds is 5. The van der Waals surface area contributed by atoms with Crippen LogP contribution in [-0.2, 0) is 9.53 Å². The Bertz CT molecular complexity index is 1150. The normalized spacial score (nSPS) is 13.7. The summed E-state index contributed by atoms with van der Waals surface area (Å²) in [4.78, 5) is 29.5. The number of methoxy groups -OCH3 is 2. The maximum atomic E-state index is 13.2. The second-order valence-electron chi connectivity index (χ2n) is 6.66. The third-order valence-electron chi connectivity index (χ3n) is 4.95. The number of hydrogen-bond acceptors (Lipinski definition) is 8. The molecule has 0 saturated carbocycles. The minimum atomic E-state index is -0.848. The Hall–Kier alpha value is -3.75. The summed E-state index contributed by atoms with van der Waals surface area (Å²) in [7, 11) is 2.74. The molecule has 1 aliphatic rings. The van der Waals surface area contributed by atoms with Gasteiger partial charge < -0.3 is 24.1 Å². The van der Waals surface area contributed by atoms with Gasteiger partial charge in [0.05, 0.1) is 26.2 Å². The van der Waals surface area contributed by atoms with Crippen molar-refractivity contribution in [2.45, 2.75) is 12.3 Å². The average Bonchev–Trinajstić information content (AvgIpc) is 2.77. The van der Waals surface area contributed by atoms with Crippen LogP contribution in [0.3, 0.4) is 0 Å². The van der Waals surface area contributed by atoms with Gasteiger partial charge in [-0.1, -0.05) is 6.07 Å². The van der Waals surface area contributed by atoms with E-state index >= 15 is 0 Å². The molecule has 1 unspecified atom stereocenters. The van der Waals surface area contributed by atoms with Gasteiger partial charge in [0.25, 0.3) is 5.56 Å². The van der Waals surface area contributed by atoms with Crippen LogP contribution in [0.5, 0.6) is 23.1 Å². The maximum Gasteiger partial charge on any atom is 0.306 e. The number of pyridine rings is 1. The van der Waals surface area contributed by atoms with E-state index in [0.717, 1.165) is 0 Å². The Morgan fingerprint density at radius 1 is 1.27 bits per heavy atom. The van der Waals surface area contributed by atoms with E-state index < -0.39 is 23.3 Å². The van der Waals surface area contributed by atoms with Gasteiger partial charge in [-0.2, -0.15) is 4.98 Å². The van der Waals surface area contributed by atoms with Crippen molar-refractivity contribution in [1.29, 1.82) is 0 Å². The number of aromatic hydroxyl groups is 1. The first-order valence-electron chi connectivity index (χ1n) is 9.28. The summed E-state index contributed by atoms with van der Waals surface area (Å²) in [5.74, 6) is -0.579. The third kappa shape index (κ3) is 3.38. The molecule has 9 heteroatoms. The van der Waals surface area contributed by atoms with E-state index in [4.69, 9.17) is 18.9 Å². The fourth-order valence-electron chi connectivity index (χ4n) is 3.53. The van der Waals surface area contributed by atoms with Gasteiger partial charge in [-0.3, -0.25) is 14.0 Å². The molecule has 0 radical (unpaired) electrons. The van der Waals surface area contributed by atoms with Crippen molar-refractivity contribution in [2.75, 3.05) is 27.4 Å². The number of esters is 1. The van der Waals surface area contributed by atoms with Crippen LogP contribution >= 0.6 is 0 Å². The van der Waals surface area contributed by atoms with Crippen molar-refractivity contribution in [2.24, 2.45) is 0 Å². The summed E-state index contributed by atoms with van der Waals surface area (Å²) in [6.07, 6.45) is 1.36. The molecule has 1 atom stereocenters. The van der Waals surface area contributed by atoms with E-state index in [2.05, 4.69) is 4.98 Å². The van der Waals surface area contributed by atoms with E-state index in [1.165, 1.54) is 18.6 Å². The highest BCUT2D eigenvalue weighted by Gasteiger charge is 2.30. The largest absolute Gasteiger partial charge is 0.493 e. The first-order chi connectivity index (χ1) is 14.5. The highest BCUT2D eigenvalue weighted by atomic mass is 16.6.